The third kappa shape index (κ3) is 4.61. The number of carbonyl (C=O) groups excluding carboxylic acids is 1. The third-order valence-electron chi connectivity index (χ3n) is 3.00. The fourth-order valence-electron chi connectivity index (χ4n) is 2.01. The first-order chi connectivity index (χ1) is 6.68. The van der Waals surface area contributed by atoms with Crippen molar-refractivity contribution in [3.8, 4) is 0 Å². The van der Waals surface area contributed by atoms with E-state index < -0.39 is 0 Å². The predicted octanol–water partition coefficient (Wildman–Crippen LogP) is 1.24. The van der Waals surface area contributed by atoms with Gasteiger partial charge >= 0.3 is 0 Å². The van der Waals surface area contributed by atoms with E-state index in [9.17, 15) is 4.79 Å². The molecular weight excluding hydrogens is 176 g/mol. The molecule has 1 aliphatic rings. The predicted molar refractivity (Wildman–Crippen MR) is 58.1 cm³/mol. The second-order valence-corrected chi connectivity index (χ2v) is 4.37. The second kappa shape index (κ2) is 6.02. The van der Waals surface area contributed by atoms with Crippen molar-refractivity contribution in [2.45, 2.75) is 32.6 Å². The van der Waals surface area contributed by atoms with Crippen LogP contribution in [0.3, 0.4) is 0 Å². The molecule has 0 aromatic carbocycles. The summed E-state index contributed by atoms with van der Waals surface area (Å²) in [5, 5.41) is 2.84. The number of nitrogens with zero attached hydrogens (tertiary/aromatic N) is 1. The molecule has 1 saturated heterocycles. The number of nitrogens with one attached hydrogen (secondary N) is 1. The van der Waals surface area contributed by atoms with Gasteiger partial charge in [0.2, 0.25) is 5.91 Å². The Labute approximate surface area is 86.9 Å². The molecule has 82 valence electrons. The molecule has 3 nitrogen and oxygen atoms in total. The van der Waals surface area contributed by atoms with Crippen LogP contribution in [0.2, 0.25) is 0 Å². The number of hydrogen-bond acceptors (Lipinski definition) is 2. The van der Waals surface area contributed by atoms with Crippen molar-refractivity contribution in [1.82, 2.24) is 10.2 Å². The molecule has 0 atom stereocenters. The zero-order valence-corrected chi connectivity index (χ0v) is 9.38. The summed E-state index contributed by atoms with van der Waals surface area (Å²) in [6.07, 6.45) is 5.06. The smallest absolute Gasteiger partial charge is 0.216 e. The molecule has 1 fully saturated rings. The van der Waals surface area contributed by atoms with Crippen LogP contribution in [0.5, 0.6) is 0 Å². The quantitative estimate of drug-likeness (QED) is 0.689. The van der Waals surface area contributed by atoms with Crippen LogP contribution in [0.4, 0.5) is 0 Å². The minimum Gasteiger partial charge on any atom is -0.356 e. The van der Waals surface area contributed by atoms with E-state index in [1.165, 1.54) is 32.4 Å². The topological polar surface area (TPSA) is 32.3 Å². The Morgan fingerprint density at radius 2 is 2.07 bits per heavy atom. The van der Waals surface area contributed by atoms with Crippen LogP contribution in [-0.2, 0) is 4.79 Å². The fourth-order valence-corrected chi connectivity index (χ4v) is 2.01. The van der Waals surface area contributed by atoms with Crippen LogP contribution in [0.15, 0.2) is 0 Å². The molecule has 0 bridgehead atoms. The van der Waals surface area contributed by atoms with E-state index >= 15 is 0 Å². The highest BCUT2D eigenvalue weighted by Gasteiger charge is 2.15. The van der Waals surface area contributed by atoms with E-state index in [-0.39, 0.29) is 5.91 Å². The summed E-state index contributed by atoms with van der Waals surface area (Å²) in [6.45, 7) is 4.91. The molecule has 1 N–H and O–H groups in total. The lowest BCUT2D eigenvalue weighted by Crippen LogP contribution is -2.30. The van der Waals surface area contributed by atoms with Crippen LogP contribution in [-0.4, -0.2) is 37.5 Å². The number of carbonyl (C=O) groups is 1. The fraction of sp³-hybridized carbons (Fsp3) is 0.909. The summed E-state index contributed by atoms with van der Waals surface area (Å²) in [7, 11) is 2.19. The van der Waals surface area contributed by atoms with Crippen LogP contribution < -0.4 is 5.32 Å². The summed E-state index contributed by atoms with van der Waals surface area (Å²) in [6, 6.07) is 0. The van der Waals surface area contributed by atoms with Crippen LogP contribution in [0.25, 0.3) is 0 Å². The van der Waals surface area contributed by atoms with E-state index in [1.54, 1.807) is 6.92 Å². The van der Waals surface area contributed by atoms with Gasteiger partial charge in [0, 0.05) is 13.5 Å². The van der Waals surface area contributed by atoms with Gasteiger partial charge in [0.25, 0.3) is 0 Å². The summed E-state index contributed by atoms with van der Waals surface area (Å²) >= 11 is 0. The summed E-state index contributed by atoms with van der Waals surface area (Å²) < 4.78 is 0. The van der Waals surface area contributed by atoms with Gasteiger partial charge in [-0.15, -0.1) is 0 Å². The average molecular weight is 198 g/mol. The first-order valence-corrected chi connectivity index (χ1v) is 5.61. The van der Waals surface area contributed by atoms with Gasteiger partial charge in [-0.3, -0.25) is 4.79 Å². The molecule has 0 radical (unpaired) electrons. The molecule has 0 aliphatic carbocycles. The van der Waals surface area contributed by atoms with Crippen molar-refractivity contribution in [3.63, 3.8) is 0 Å². The van der Waals surface area contributed by atoms with Gasteiger partial charge in [-0.2, -0.15) is 0 Å². The Hall–Kier alpha value is -0.570. The first-order valence-electron chi connectivity index (χ1n) is 5.61. The zero-order chi connectivity index (χ0) is 10.4. The van der Waals surface area contributed by atoms with E-state index in [0.717, 1.165) is 18.9 Å². The highest BCUT2D eigenvalue weighted by atomic mass is 16.1. The van der Waals surface area contributed by atoms with Gasteiger partial charge in [-0.05, 0) is 51.7 Å². The van der Waals surface area contributed by atoms with E-state index in [1.807, 2.05) is 0 Å². The zero-order valence-electron chi connectivity index (χ0n) is 9.38. The van der Waals surface area contributed by atoms with Gasteiger partial charge < -0.3 is 10.2 Å². The highest BCUT2D eigenvalue weighted by molar-refractivity contribution is 5.72. The number of rotatable bonds is 4. The summed E-state index contributed by atoms with van der Waals surface area (Å²) in [4.78, 5) is 13.0. The Morgan fingerprint density at radius 3 is 2.64 bits per heavy atom. The number of likely N-dealkylation sites (tertiary alicyclic amines) is 1. The maximum Gasteiger partial charge on any atom is 0.216 e. The summed E-state index contributed by atoms with van der Waals surface area (Å²) in [5.41, 5.74) is 0. The number of amides is 1. The van der Waals surface area contributed by atoms with Crippen molar-refractivity contribution >= 4 is 5.91 Å². The second-order valence-electron chi connectivity index (χ2n) is 4.37. The Morgan fingerprint density at radius 1 is 1.43 bits per heavy atom. The molecule has 1 rings (SSSR count). The average Bonchev–Trinajstić information content (AvgIpc) is 2.15. The monoisotopic (exact) mass is 198 g/mol. The van der Waals surface area contributed by atoms with Gasteiger partial charge in [-0.25, -0.2) is 0 Å². The van der Waals surface area contributed by atoms with Crippen LogP contribution in [0, 0.1) is 5.92 Å². The first kappa shape index (κ1) is 11.5. The van der Waals surface area contributed by atoms with E-state index in [2.05, 4.69) is 17.3 Å². The lowest BCUT2D eigenvalue weighted by Gasteiger charge is -2.28. The maximum atomic E-state index is 10.6. The van der Waals surface area contributed by atoms with E-state index in [0.29, 0.717) is 0 Å². The van der Waals surface area contributed by atoms with Gasteiger partial charge in [0.05, 0.1) is 0 Å². The van der Waals surface area contributed by atoms with Crippen molar-refractivity contribution in [2.75, 3.05) is 26.7 Å². The maximum absolute atomic E-state index is 10.6. The highest BCUT2D eigenvalue weighted by Crippen LogP contribution is 2.20. The Kier molecular flexibility index (Phi) is 4.94. The molecule has 3 heteroatoms. The van der Waals surface area contributed by atoms with Crippen molar-refractivity contribution in [3.05, 3.63) is 0 Å². The molecule has 0 saturated carbocycles. The van der Waals surface area contributed by atoms with Gasteiger partial charge in [-0.1, -0.05) is 0 Å². The molecular formula is C11H22N2O. The van der Waals surface area contributed by atoms with Gasteiger partial charge in [0.15, 0.2) is 0 Å². The molecule has 1 aliphatic heterocycles. The molecule has 1 amide bonds. The minimum absolute atomic E-state index is 0.0911. The van der Waals surface area contributed by atoms with Crippen molar-refractivity contribution < 1.29 is 4.79 Å². The number of hydrogen-bond donors (Lipinski definition) is 1. The standard InChI is InChI=1S/C11H22N2O/c1-10(14)12-7-3-4-11-5-8-13(2)9-6-11/h11H,3-9H2,1-2H3,(H,12,14). The SMILES string of the molecule is CC(=O)NCCCC1CCN(C)CC1. The normalized spacial score (nSPS) is 19.6. The molecule has 0 unspecified atom stereocenters. The van der Waals surface area contributed by atoms with Crippen molar-refractivity contribution in [1.29, 1.82) is 0 Å². The summed E-state index contributed by atoms with van der Waals surface area (Å²) in [5.74, 6) is 0.980. The molecule has 0 aromatic heterocycles. The molecule has 0 spiro atoms. The van der Waals surface area contributed by atoms with Crippen molar-refractivity contribution in [2.24, 2.45) is 5.92 Å². The minimum atomic E-state index is 0.0911. The lowest BCUT2D eigenvalue weighted by atomic mass is 9.92. The third-order valence-corrected chi connectivity index (χ3v) is 3.00. The molecule has 0 aromatic rings. The van der Waals surface area contributed by atoms with Crippen LogP contribution in [0.1, 0.15) is 32.6 Å². The Balaban J connectivity index is 1.99. The van der Waals surface area contributed by atoms with Gasteiger partial charge in [0.1, 0.15) is 0 Å². The molecule has 14 heavy (non-hydrogen) atoms. The lowest BCUT2D eigenvalue weighted by molar-refractivity contribution is -0.118. The Bertz CT molecular complexity index is 174. The number of piperidine rings is 1. The van der Waals surface area contributed by atoms with E-state index in [4.69, 9.17) is 0 Å². The van der Waals surface area contributed by atoms with Crippen LogP contribution >= 0.6 is 0 Å². The molecule has 1 heterocycles. The largest absolute Gasteiger partial charge is 0.356 e.